The molecule has 4 aliphatic rings. The van der Waals surface area contributed by atoms with E-state index in [9.17, 15) is 24.3 Å². The number of ether oxygens (including phenoxy) is 2. The molecular weight excluding hydrogens is 622 g/mol. The van der Waals surface area contributed by atoms with Crippen molar-refractivity contribution >= 4 is 23.7 Å². The van der Waals surface area contributed by atoms with E-state index in [2.05, 4.69) is 0 Å². The van der Waals surface area contributed by atoms with Crippen LogP contribution < -0.4 is 0 Å². The Morgan fingerprint density at radius 1 is 0.959 bits per heavy atom. The van der Waals surface area contributed by atoms with Crippen molar-refractivity contribution < 1.29 is 33.8 Å². The van der Waals surface area contributed by atoms with Crippen LogP contribution >= 0.6 is 0 Å². The fraction of sp³-hybridized carbons (Fsp3) is 0.487. The summed E-state index contributed by atoms with van der Waals surface area (Å²) in [4.78, 5) is 62.4. The fourth-order valence-electron chi connectivity index (χ4n) is 7.96. The number of esters is 1. The van der Waals surface area contributed by atoms with Crippen molar-refractivity contribution in [1.82, 2.24) is 14.7 Å². The first-order valence-electron chi connectivity index (χ1n) is 17.2. The number of hydrogen-bond donors (Lipinski definition) is 1. The highest BCUT2D eigenvalue weighted by molar-refractivity contribution is 5.99. The number of rotatable bonds is 5. The average Bonchev–Trinajstić information content (AvgIpc) is 3.47. The van der Waals surface area contributed by atoms with Gasteiger partial charge in [-0.3, -0.25) is 19.2 Å². The smallest absolute Gasteiger partial charge is 0.313 e. The molecule has 4 aliphatic heterocycles. The van der Waals surface area contributed by atoms with E-state index in [0.29, 0.717) is 24.9 Å². The number of benzene rings is 2. The number of aliphatic hydroxyl groups is 1. The second-order valence-electron chi connectivity index (χ2n) is 14.6. The van der Waals surface area contributed by atoms with E-state index in [0.717, 1.165) is 5.56 Å². The van der Waals surface area contributed by atoms with E-state index in [1.54, 1.807) is 29.0 Å². The molecule has 0 bridgehead atoms. The Kier molecular flexibility index (Phi) is 9.57. The number of hydrogen-bond acceptors (Lipinski definition) is 7. The molecule has 1 spiro atoms. The summed E-state index contributed by atoms with van der Waals surface area (Å²) in [5, 5.41) is 10.8. The first-order valence-corrected chi connectivity index (χ1v) is 17.2. The zero-order chi connectivity index (χ0) is 35.1. The minimum absolute atomic E-state index is 0.0898. The lowest BCUT2D eigenvalue weighted by Crippen LogP contribution is -2.61. The number of likely N-dealkylation sites (tertiary alicyclic amines) is 1. The molecule has 2 aromatic rings. The van der Waals surface area contributed by atoms with E-state index in [1.807, 2.05) is 101 Å². The molecule has 0 aliphatic carbocycles. The predicted octanol–water partition coefficient (Wildman–Crippen LogP) is 3.85. The lowest BCUT2D eigenvalue weighted by Gasteiger charge is -2.42. The minimum atomic E-state index is -1.50. The maximum atomic E-state index is 15.0. The molecule has 0 aromatic heterocycles. The van der Waals surface area contributed by atoms with Gasteiger partial charge in [-0.15, -0.1) is 0 Å². The van der Waals surface area contributed by atoms with E-state index >= 15 is 0 Å². The molecule has 10 heteroatoms. The number of amides is 3. The van der Waals surface area contributed by atoms with E-state index in [-0.39, 0.29) is 18.2 Å². The summed E-state index contributed by atoms with van der Waals surface area (Å²) < 4.78 is 13.2. The number of fused-ring (bicyclic) bond motifs is 2. The SMILES string of the molecule is C[C@@H]1[C@@H](c2ccccc2)OC(=O)[C@@H]2[C@H]3C(=O)N([C@@H](CO)Cc4ccccc4)[C@@H]4C(=O)N(C(C)(C)C)CC=C[C@]34O[C@@H]2/C=C\CCC(=O)N1C. The number of cyclic esters (lactones) is 1. The Hall–Kier alpha value is -4.28. The molecule has 6 rings (SSSR count). The Morgan fingerprint density at radius 2 is 1.63 bits per heavy atom. The molecule has 3 amide bonds. The van der Waals surface area contributed by atoms with Gasteiger partial charge >= 0.3 is 5.97 Å². The summed E-state index contributed by atoms with van der Waals surface area (Å²) in [7, 11) is 1.70. The summed E-state index contributed by atoms with van der Waals surface area (Å²) >= 11 is 0. The number of likely N-dealkylation sites (N-methyl/N-ethyl adjacent to an activating group) is 1. The maximum absolute atomic E-state index is 15.0. The van der Waals surface area contributed by atoms with Gasteiger partial charge in [0.05, 0.1) is 30.7 Å². The van der Waals surface area contributed by atoms with Crippen molar-refractivity contribution in [2.75, 3.05) is 20.2 Å². The lowest BCUT2D eigenvalue weighted by atomic mass is 9.77. The van der Waals surface area contributed by atoms with Gasteiger partial charge in [-0.1, -0.05) is 85.0 Å². The number of nitrogens with zero attached hydrogens (tertiary/aromatic N) is 3. The third kappa shape index (κ3) is 6.21. The number of carbonyl (C=O) groups excluding carboxylic acids is 4. The van der Waals surface area contributed by atoms with Gasteiger partial charge in [-0.05, 0) is 51.7 Å². The van der Waals surface area contributed by atoms with E-state index < -0.39 is 71.8 Å². The molecule has 2 saturated heterocycles. The van der Waals surface area contributed by atoms with Crippen molar-refractivity contribution in [2.24, 2.45) is 11.8 Å². The molecule has 260 valence electrons. The quantitative estimate of drug-likeness (QED) is 0.380. The molecule has 0 radical (unpaired) electrons. The van der Waals surface area contributed by atoms with Crippen molar-refractivity contribution in [3.8, 4) is 0 Å². The summed E-state index contributed by atoms with van der Waals surface area (Å²) in [6.07, 6.45) is 6.43. The van der Waals surface area contributed by atoms with Crippen LogP contribution in [0.15, 0.2) is 85.0 Å². The molecule has 1 N–H and O–H groups in total. The highest BCUT2D eigenvalue weighted by Gasteiger charge is 2.73. The van der Waals surface area contributed by atoms with E-state index in [1.165, 1.54) is 4.90 Å². The van der Waals surface area contributed by atoms with Crippen LogP contribution in [0.2, 0.25) is 0 Å². The van der Waals surface area contributed by atoms with Crippen LogP contribution in [0, 0.1) is 11.8 Å². The number of aliphatic hydroxyl groups excluding tert-OH is 1. The normalized spacial score (nSPS) is 32.0. The molecule has 8 atom stereocenters. The van der Waals surface area contributed by atoms with Gasteiger partial charge in [0.1, 0.15) is 23.7 Å². The fourth-order valence-corrected chi connectivity index (χ4v) is 7.96. The van der Waals surface area contributed by atoms with Crippen molar-refractivity contribution in [1.29, 1.82) is 0 Å². The molecule has 2 fully saturated rings. The molecule has 0 saturated carbocycles. The third-order valence-electron chi connectivity index (χ3n) is 10.6. The maximum Gasteiger partial charge on any atom is 0.313 e. The molecular formula is C39H47N3O7. The first kappa shape index (κ1) is 34.6. The Labute approximate surface area is 288 Å². The van der Waals surface area contributed by atoms with Gasteiger partial charge in [0.2, 0.25) is 17.7 Å². The summed E-state index contributed by atoms with van der Waals surface area (Å²) in [6.45, 7) is 7.56. The largest absolute Gasteiger partial charge is 0.455 e. The van der Waals surface area contributed by atoms with Crippen LogP contribution in [-0.2, 0) is 35.1 Å². The number of allylic oxidation sites excluding steroid dienone is 1. The van der Waals surface area contributed by atoms with Crippen LogP contribution in [0.3, 0.4) is 0 Å². The van der Waals surface area contributed by atoms with Crippen LogP contribution in [-0.4, -0.2) is 99.1 Å². The van der Waals surface area contributed by atoms with Gasteiger partial charge in [-0.25, -0.2) is 0 Å². The second kappa shape index (κ2) is 13.6. The lowest BCUT2D eigenvalue weighted by molar-refractivity contribution is -0.165. The average molecular weight is 670 g/mol. The first-order chi connectivity index (χ1) is 23.4. The van der Waals surface area contributed by atoms with Crippen LogP contribution in [0.25, 0.3) is 0 Å². The van der Waals surface area contributed by atoms with Crippen molar-refractivity contribution in [3.63, 3.8) is 0 Å². The summed E-state index contributed by atoms with van der Waals surface area (Å²) in [6, 6.07) is 16.4. The zero-order valence-electron chi connectivity index (χ0n) is 28.9. The van der Waals surface area contributed by atoms with Gasteiger partial charge in [-0.2, -0.15) is 0 Å². The van der Waals surface area contributed by atoms with Gasteiger partial charge in [0.25, 0.3) is 0 Å². The van der Waals surface area contributed by atoms with Gasteiger partial charge < -0.3 is 29.3 Å². The van der Waals surface area contributed by atoms with Gasteiger partial charge in [0, 0.05) is 25.6 Å². The minimum Gasteiger partial charge on any atom is -0.455 e. The van der Waals surface area contributed by atoms with Gasteiger partial charge in [0.15, 0.2) is 0 Å². The highest BCUT2D eigenvalue weighted by atomic mass is 16.6. The third-order valence-corrected chi connectivity index (χ3v) is 10.6. The predicted molar refractivity (Wildman–Crippen MR) is 183 cm³/mol. The Balaban J connectivity index is 1.48. The number of carbonyl (C=O) groups is 4. The molecule has 2 aromatic carbocycles. The van der Waals surface area contributed by atoms with Crippen molar-refractivity contribution in [2.45, 2.75) is 88.4 Å². The van der Waals surface area contributed by atoms with Crippen LogP contribution in [0.4, 0.5) is 0 Å². The van der Waals surface area contributed by atoms with Crippen LogP contribution in [0.5, 0.6) is 0 Å². The highest BCUT2D eigenvalue weighted by Crippen LogP contribution is 2.54. The molecule has 10 nitrogen and oxygen atoms in total. The second-order valence-corrected chi connectivity index (χ2v) is 14.6. The summed E-state index contributed by atoms with van der Waals surface area (Å²) in [5.74, 6) is -3.67. The molecule has 49 heavy (non-hydrogen) atoms. The van der Waals surface area contributed by atoms with Crippen molar-refractivity contribution in [3.05, 3.63) is 96.1 Å². The standard InChI is InChI=1S/C39H47N3O7/c1-25-33(27-17-10-7-11-18-27)48-37(47)31-29(19-12-13-20-30(44)40(25)5)49-39-21-14-22-41(38(2,3)4)36(46)34(39)42(35(45)32(31)39)28(24-43)23-26-15-8-6-9-16-26/h6-12,14-19,21,25,28-29,31-34,43H,13,20,22-24H2,1-5H3/b19-12-/t25-,28-,29-,31+,32+,33+,34-,39+/m1/s1. The molecule has 0 unspecified atom stereocenters. The van der Waals surface area contributed by atoms with Crippen LogP contribution in [0.1, 0.15) is 57.8 Å². The molecule has 4 heterocycles. The Morgan fingerprint density at radius 3 is 2.29 bits per heavy atom. The topological polar surface area (TPSA) is 117 Å². The van der Waals surface area contributed by atoms with E-state index in [4.69, 9.17) is 9.47 Å². The Bertz CT molecular complexity index is 1620. The zero-order valence-corrected chi connectivity index (χ0v) is 28.9. The monoisotopic (exact) mass is 669 g/mol. The summed E-state index contributed by atoms with van der Waals surface area (Å²) in [5.41, 5.74) is -0.476.